The number of hydrogen-bond donors (Lipinski definition) is 0. The van der Waals surface area contributed by atoms with Gasteiger partial charge in [-0.1, -0.05) is 0 Å². The Bertz CT molecular complexity index is 168. The maximum atomic E-state index is 10.8. The molecule has 0 atom stereocenters. The van der Waals surface area contributed by atoms with Crippen molar-refractivity contribution in [2.24, 2.45) is 0 Å². The topological polar surface area (TPSA) is 46.6 Å². The fourth-order valence-corrected chi connectivity index (χ4v) is 0.812. The lowest BCUT2D eigenvalue weighted by atomic mass is 10.2. The van der Waals surface area contributed by atoms with Gasteiger partial charge in [-0.15, -0.1) is 0 Å². The van der Waals surface area contributed by atoms with E-state index in [0.717, 1.165) is 0 Å². The summed E-state index contributed by atoms with van der Waals surface area (Å²) in [6.45, 7) is 2.10. The van der Waals surface area contributed by atoms with Crippen LogP contribution in [0.3, 0.4) is 0 Å². The predicted molar refractivity (Wildman–Crippen MR) is 45.0 cm³/mol. The van der Waals surface area contributed by atoms with E-state index < -0.39 is 0 Å². The summed E-state index contributed by atoms with van der Waals surface area (Å²) in [5, 5.41) is 0. The van der Waals surface area contributed by atoms with Gasteiger partial charge in [-0.2, -0.15) is 0 Å². The second-order valence-electron chi connectivity index (χ2n) is 2.70. The maximum Gasteiger partial charge on any atom is 0.409 e. The van der Waals surface area contributed by atoms with Crippen LogP contribution >= 0.6 is 0 Å². The van der Waals surface area contributed by atoms with E-state index in [1.807, 2.05) is 0 Å². The Hall–Kier alpha value is -1.06. The summed E-state index contributed by atoms with van der Waals surface area (Å²) >= 11 is 0. The Labute approximate surface area is 72.5 Å². The van der Waals surface area contributed by atoms with Crippen molar-refractivity contribution in [2.45, 2.75) is 19.8 Å². The smallest absolute Gasteiger partial charge is 0.409 e. The highest BCUT2D eigenvalue weighted by Gasteiger charge is 2.06. The fraction of sp³-hybridized carbons (Fsp3) is 0.750. The average molecular weight is 173 g/mol. The second-order valence-corrected chi connectivity index (χ2v) is 2.70. The van der Waals surface area contributed by atoms with Gasteiger partial charge in [0.25, 0.3) is 0 Å². The minimum absolute atomic E-state index is 0.147. The molecule has 0 fully saturated rings. The molecule has 1 amide bonds. The van der Waals surface area contributed by atoms with Crippen LogP contribution in [0, 0.1) is 0 Å². The number of Topliss-reactive ketones (excluding diaryl/α,β-unsaturated/α-hetero) is 1. The molecule has 12 heavy (non-hydrogen) atoms. The lowest BCUT2D eigenvalue weighted by molar-refractivity contribution is -0.117. The summed E-state index contributed by atoms with van der Waals surface area (Å²) in [4.78, 5) is 22.8. The number of amides is 1. The lowest BCUT2D eigenvalue weighted by Gasteiger charge is -2.14. The molecule has 0 N–H and O–H groups in total. The van der Waals surface area contributed by atoms with E-state index in [4.69, 9.17) is 0 Å². The number of carbonyl (C=O) groups is 2. The van der Waals surface area contributed by atoms with Crippen molar-refractivity contribution in [3.05, 3.63) is 0 Å². The number of methoxy groups -OCH3 is 1. The first kappa shape index (κ1) is 10.9. The zero-order valence-electron chi connectivity index (χ0n) is 7.79. The van der Waals surface area contributed by atoms with Crippen LogP contribution in [-0.4, -0.2) is 37.5 Å². The maximum absolute atomic E-state index is 10.8. The third kappa shape index (κ3) is 4.71. The predicted octanol–water partition coefficient (Wildman–Crippen LogP) is 1.05. The molecule has 0 saturated carbocycles. The van der Waals surface area contributed by atoms with E-state index in [1.165, 1.54) is 18.9 Å². The molecule has 0 saturated heterocycles. The Kier molecular flexibility index (Phi) is 5.08. The molecule has 0 aliphatic rings. The van der Waals surface area contributed by atoms with Gasteiger partial charge in [0, 0.05) is 20.0 Å². The summed E-state index contributed by atoms with van der Waals surface area (Å²) in [5.74, 6) is 0.147. The van der Waals surface area contributed by atoms with Crippen LogP contribution in [0.25, 0.3) is 0 Å². The summed E-state index contributed by atoms with van der Waals surface area (Å²) in [6, 6.07) is 0. The van der Waals surface area contributed by atoms with E-state index >= 15 is 0 Å². The van der Waals surface area contributed by atoms with Crippen LogP contribution < -0.4 is 0 Å². The summed E-state index contributed by atoms with van der Waals surface area (Å²) in [7, 11) is 2.98. The quantitative estimate of drug-likeness (QED) is 0.638. The third-order valence-corrected chi connectivity index (χ3v) is 1.51. The van der Waals surface area contributed by atoms with Gasteiger partial charge in [-0.05, 0) is 13.3 Å². The average Bonchev–Trinajstić information content (AvgIpc) is 2.02. The Morgan fingerprint density at radius 1 is 1.42 bits per heavy atom. The molecule has 70 valence electrons. The molecule has 0 radical (unpaired) electrons. The number of carbonyl (C=O) groups excluding carboxylic acids is 2. The molecule has 0 rings (SSSR count). The highest BCUT2D eigenvalue weighted by molar-refractivity contribution is 5.75. The molecule has 0 bridgehead atoms. The van der Waals surface area contributed by atoms with Crippen molar-refractivity contribution < 1.29 is 14.3 Å². The molecule has 0 unspecified atom stereocenters. The third-order valence-electron chi connectivity index (χ3n) is 1.51. The van der Waals surface area contributed by atoms with Gasteiger partial charge in [0.2, 0.25) is 0 Å². The van der Waals surface area contributed by atoms with Crippen molar-refractivity contribution in [1.82, 2.24) is 4.90 Å². The summed E-state index contributed by atoms with van der Waals surface area (Å²) in [6.07, 6.45) is 0.848. The minimum Gasteiger partial charge on any atom is -0.453 e. The van der Waals surface area contributed by atoms with E-state index in [2.05, 4.69) is 4.74 Å². The molecule has 4 nitrogen and oxygen atoms in total. The SMILES string of the molecule is COC(=O)N(C)CCCC(C)=O. The van der Waals surface area contributed by atoms with Crippen molar-refractivity contribution in [3.8, 4) is 0 Å². The first-order valence-corrected chi connectivity index (χ1v) is 3.86. The van der Waals surface area contributed by atoms with Crippen LogP contribution in [0.5, 0.6) is 0 Å². The van der Waals surface area contributed by atoms with Crippen molar-refractivity contribution >= 4 is 11.9 Å². The molecule has 0 aromatic heterocycles. The summed E-state index contributed by atoms with van der Waals surface area (Å²) < 4.78 is 4.47. The molecule has 0 spiro atoms. The van der Waals surface area contributed by atoms with Crippen LogP contribution in [0.4, 0.5) is 4.79 Å². The van der Waals surface area contributed by atoms with E-state index in [-0.39, 0.29) is 11.9 Å². The Morgan fingerprint density at radius 2 is 2.00 bits per heavy atom. The zero-order valence-corrected chi connectivity index (χ0v) is 7.79. The normalized spacial score (nSPS) is 9.25. The van der Waals surface area contributed by atoms with Gasteiger partial charge < -0.3 is 14.4 Å². The minimum atomic E-state index is -0.362. The Morgan fingerprint density at radius 3 is 2.42 bits per heavy atom. The lowest BCUT2D eigenvalue weighted by Crippen LogP contribution is -2.27. The molecule has 0 aliphatic heterocycles. The Balaban J connectivity index is 3.50. The molecule has 0 aromatic rings. The summed E-state index contributed by atoms with van der Waals surface area (Å²) in [5.41, 5.74) is 0. The van der Waals surface area contributed by atoms with Crippen LogP contribution in [0.1, 0.15) is 19.8 Å². The fourth-order valence-electron chi connectivity index (χ4n) is 0.812. The van der Waals surface area contributed by atoms with Gasteiger partial charge in [0.15, 0.2) is 0 Å². The van der Waals surface area contributed by atoms with Gasteiger partial charge in [-0.3, -0.25) is 0 Å². The molecule has 0 aliphatic carbocycles. The zero-order chi connectivity index (χ0) is 9.56. The van der Waals surface area contributed by atoms with Gasteiger partial charge >= 0.3 is 6.09 Å². The van der Waals surface area contributed by atoms with Crippen LogP contribution in [0.15, 0.2) is 0 Å². The molecule has 4 heteroatoms. The van der Waals surface area contributed by atoms with E-state index in [0.29, 0.717) is 19.4 Å². The van der Waals surface area contributed by atoms with Crippen LogP contribution in [0.2, 0.25) is 0 Å². The number of ketones is 1. The van der Waals surface area contributed by atoms with Gasteiger partial charge in [0.05, 0.1) is 7.11 Å². The number of hydrogen-bond acceptors (Lipinski definition) is 3. The first-order chi connectivity index (χ1) is 5.57. The van der Waals surface area contributed by atoms with Crippen LogP contribution in [-0.2, 0) is 9.53 Å². The van der Waals surface area contributed by atoms with Crippen molar-refractivity contribution in [2.75, 3.05) is 20.7 Å². The van der Waals surface area contributed by atoms with Crippen molar-refractivity contribution in [3.63, 3.8) is 0 Å². The number of nitrogens with zero attached hydrogens (tertiary/aromatic N) is 1. The number of ether oxygens (including phenoxy) is 1. The monoisotopic (exact) mass is 173 g/mol. The first-order valence-electron chi connectivity index (χ1n) is 3.86. The van der Waals surface area contributed by atoms with Gasteiger partial charge in [-0.25, -0.2) is 4.79 Å². The molecular weight excluding hydrogens is 158 g/mol. The largest absolute Gasteiger partial charge is 0.453 e. The van der Waals surface area contributed by atoms with Gasteiger partial charge in [0.1, 0.15) is 5.78 Å². The molecular formula is C8H15NO3. The second kappa shape index (κ2) is 5.57. The molecule has 0 aromatic carbocycles. The van der Waals surface area contributed by atoms with E-state index in [9.17, 15) is 9.59 Å². The highest BCUT2D eigenvalue weighted by Crippen LogP contribution is 1.95. The molecule has 0 heterocycles. The van der Waals surface area contributed by atoms with E-state index in [1.54, 1.807) is 7.05 Å². The standard InChI is InChI=1S/C8H15NO3/c1-7(10)5-4-6-9(2)8(11)12-3/h4-6H2,1-3H3. The number of rotatable bonds is 4. The highest BCUT2D eigenvalue weighted by atomic mass is 16.5. The van der Waals surface area contributed by atoms with Crippen molar-refractivity contribution in [1.29, 1.82) is 0 Å².